The Hall–Kier alpha value is -2.12. The maximum absolute atomic E-state index is 10.7. The van der Waals surface area contributed by atoms with Gasteiger partial charge in [-0.15, -0.1) is 0 Å². The molecule has 0 saturated carbocycles. The van der Waals surface area contributed by atoms with E-state index in [1.54, 1.807) is 12.3 Å². The van der Waals surface area contributed by atoms with Crippen LogP contribution in [0.5, 0.6) is 0 Å². The van der Waals surface area contributed by atoms with E-state index in [0.29, 0.717) is 10.7 Å². The number of aromatic nitrogens is 2. The van der Waals surface area contributed by atoms with E-state index >= 15 is 0 Å². The van der Waals surface area contributed by atoms with Crippen LogP contribution in [0.15, 0.2) is 30.6 Å². The SMILES string of the molecule is O=[N+]([O-])c1ccc(Nc2cnn(CCN3CCCCC3)c2)c(Cl)c1. The number of hydrogen-bond donors (Lipinski definition) is 1. The van der Waals surface area contributed by atoms with Gasteiger partial charge in [-0.05, 0) is 32.0 Å². The summed E-state index contributed by atoms with van der Waals surface area (Å²) >= 11 is 6.09. The Kier molecular flexibility index (Phi) is 5.32. The average molecular weight is 350 g/mol. The number of nitro groups is 1. The van der Waals surface area contributed by atoms with E-state index in [1.165, 1.54) is 44.5 Å². The molecule has 2 heterocycles. The van der Waals surface area contributed by atoms with Crippen molar-refractivity contribution in [2.75, 3.05) is 25.0 Å². The summed E-state index contributed by atoms with van der Waals surface area (Å²) in [5.41, 5.74) is 1.41. The van der Waals surface area contributed by atoms with Crippen molar-refractivity contribution in [1.29, 1.82) is 0 Å². The number of nitro benzene ring substituents is 1. The number of likely N-dealkylation sites (tertiary alicyclic amines) is 1. The summed E-state index contributed by atoms with van der Waals surface area (Å²) in [7, 11) is 0. The fourth-order valence-corrected chi connectivity index (χ4v) is 3.07. The molecule has 1 aromatic carbocycles. The Morgan fingerprint density at radius 1 is 1.25 bits per heavy atom. The van der Waals surface area contributed by atoms with Gasteiger partial charge in [-0.3, -0.25) is 14.8 Å². The van der Waals surface area contributed by atoms with E-state index in [4.69, 9.17) is 11.6 Å². The van der Waals surface area contributed by atoms with Crippen LogP contribution in [0.1, 0.15) is 19.3 Å². The molecule has 0 unspecified atom stereocenters. The number of rotatable bonds is 6. The lowest BCUT2D eigenvalue weighted by molar-refractivity contribution is -0.384. The summed E-state index contributed by atoms with van der Waals surface area (Å²) in [6.45, 7) is 4.19. The van der Waals surface area contributed by atoms with Crippen molar-refractivity contribution in [2.45, 2.75) is 25.8 Å². The van der Waals surface area contributed by atoms with E-state index in [9.17, 15) is 10.1 Å². The minimum Gasteiger partial charge on any atom is -0.352 e. The number of benzene rings is 1. The molecule has 1 aliphatic rings. The predicted molar refractivity (Wildman–Crippen MR) is 93.9 cm³/mol. The molecular weight excluding hydrogens is 330 g/mol. The number of halogens is 1. The van der Waals surface area contributed by atoms with E-state index in [-0.39, 0.29) is 5.69 Å². The van der Waals surface area contributed by atoms with Gasteiger partial charge in [-0.25, -0.2) is 0 Å². The first kappa shape index (κ1) is 16.7. The number of piperidine rings is 1. The molecule has 0 radical (unpaired) electrons. The molecule has 8 heteroatoms. The fraction of sp³-hybridized carbons (Fsp3) is 0.438. The van der Waals surface area contributed by atoms with Crippen LogP contribution in [-0.2, 0) is 6.54 Å². The van der Waals surface area contributed by atoms with Crippen LogP contribution in [0, 0.1) is 10.1 Å². The highest BCUT2D eigenvalue weighted by atomic mass is 35.5. The van der Waals surface area contributed by atoms with Gasteiger partial charge in [-0.2, -0.15) is 5.10 Å². The third-order valence-corrected chi connectivity index (χ3v) is 4.48. The minimum atomic E-state index is -0.464. The molecule has 0 amide bonds. The largest absolute Gasteiger partial charge is 0.352 e. The Balaban J connectivity index is 1.58. The van der Waals surface area contributed by atoms with Gasteiger partial charge in [0.05, 0.1) is 34.1 Å². The number of anilines is 2. The van der Waals surface area contributed by atoms with Crippen molar-refractivity contribution < 1.29 is 4.92 Å². The Morgan fingerprint density at radius 3 is 2.75 bits per heavy atom. The first-order valence-corrected chi connectivity index (χ1v) is 8.45. The first-order chi connectivity index (χ1) is 11.6. The molecule has 2 aromatic rings. The maximum Gasteiger partial charge on any atom is 0.271 e. The molecule has 128 valence electrons. The fourth-order valence-electron chi connectivity index (χ4n) is 2.85. The van der Waals surface area contributed by atoms with Crippen molar-refractivity contribution in [2.24, 2.45) is 0 Å². The lowest BCUT2D eigenvalue weighted by Gasteiger charge is -2.26. The van der Waals surface area contributed by atoms with Gasteiger partial charge in [0.25, 0.3) is 5.69 Å². The number of hydrogen-bond acceptors (Lipinski definition) is 5. The van der Waals surface area contributed by atoms with Crippen LogP contribution >= 0.6 is 11.6 Å². The molecule has 1 aliphatic heterocycles. The van der Waals surface area contributed by atoms with Gasteiger partial charge >= 0.3 is 0 Å². The Bertz CT molecular complexity index is 712. The molecule has 0 aliphatic carbocycles. The summed E-state index contributed by atoms with van der Waals surface area (Å²) in [4.78, 5) is 12.7. The Morgan fingerprint density at radius 2 is 2.04 bits per heavy atom. The standard InChI is InChI=1S/C16H20ClN5O2/c17-15-10-14(22(23)24)4-5-16(15)19-13-11-18-21(12-13)9-8-20-6-2-1-3-7-20/h4-5,10-12,19H,1-3,6-9H2. The van der Waals surface area contributed by atoms with Gasteiger partial charge < -0.3 is 10.2 Å². The van der Waals surface area contributed by atoms with Gasteiger partial charge in [0.1, 0.15) is 0 Å². The van der Waals surface area contributed by atoms with Gasteiger partial charge in [0.15, 0.2) is 0 Å². The van der Waals surface area contributed by atoms with Crippen molar-refractivity contribution in [3.8, 4) is 0 Å². The number of non-ortho nitro benzene ring substituents is 1. The van der Waals surface area contributed by atoms with Crippen LogP contribution < -0.4 is 5.32 Å². The molecule has 0 bridgehead atoms. The lowest BCUT2D eigenvalue weighted by Crippen LogP contribution is -2.32. The molecule has 7 nitrogen and oxygen atoms in total. The zero-order valence-electron chi connectivity index (χ0n) is 13.3. The van der Waals surface area contributed by atoms with Crippen molar-refractivity contribution in [3.63, 3.8) is 0 Å². The number of nitrogens with zero attached hydrogens (tertiary/aromatic N) is 4. The summed E-state index contributed by atoms with van der Waals surface area (Å²) in [5.74, 6) is 0. The maximum atomic E-state index is 10.7. The van der Waals surface area contributed by atoms with Crippen molar-refractivity contribution in [1.82, 2.24) is 14.7 Å². The zero-order chi connectivity index (χ0) is 16.9. The highest BCUT2D eigenvalue weighted by Crippen LogP contribution is 2.29. The molecule has 0 atom stereocenters. The second-order valence-electron chi connectivity index (χ2n) is 5.94. The summed E-state index contributed by atoms with van der Waals surface area (Å²) < 4.78 is 1.90. The monoisotopic (exact) mass is 349 g/mol. The van der Waals surface area contributed by atoms with Gasteiger partial charge in [0.2, 0.25) is 0 Å². The van der Waals surface area contributed by atoms with Crippen LogP contribution in [0.3, 0.4) is 0 Å². The molecular formula is C16H20ClN5O2. The van der Waals surface area contributed by atoms with Crippen molar-refractivity contribution in [3.05, 3.63) is 45.7 Å². The first-order valence-electron chi connectivity index (χ1n) is 8.07. The average Bonchev–Trinajstić information content (AvgIpc) is 3.03. The minimum absolute atomic E-state index is 0.0252. The summed E-state index contributed by atoms with van der Waals surface area (Å²) in [5, 5.41) is 18.5. The van der Waals surface area contributed by atoms with E-state index < -0.39 is 4.92 Å². The van der Waals surface area contributed by atoms with Crippen LogP contribution in [0.25, 0.3) is 0 Å². The van der Waals surface area contributed by atoms with Gasteiger partial charge in [-0.1, -0.05) is 18.0 Å². The topological polar surface area (TPSA) is 76.2 Å². The van der Waals surface area contributed by atoms with E-state index in [0.717, 1.165) is 18.8 Å². The third kappa shape index (κ3) is 4.24. The lowest BCUT2D eigenvalue weighted by atomic mass is 10.1. The Labute approximate surface area is 145 Å². The molecule has 0 spiro atoms. The molecule has 1 saturated heterocycles. The smallest absolute Gasteiger partial charge is 0.271 e. The summed E-state index contributed by atoms with van der Waals surface area (Å²) in [6.07, 6.45) is 7.55. The van der Waals surface area contributed by atoms with E-state index in [2.05, 4.69) is 15.3 Å². The quantitative estimate of drug-likeness (QED) is 0.636. The highest BCUT2D eigenvalue weighted by molar-refractivity contribution is 6.33. The molecule has 24 heavy (non-hydrogen) atoms. The van der Waals surface area contributed by atoms with Crippen LogP contribution in [-0.4, -0.2) is 39.2 Å². The van der Waals surface area contributed by atoms with Crippen LogP contribution in [0.2, 0.25) is 5.02 Å². The van der Waals surface area contributed by atoms with Crippen LogP contribution in [0.4, 0.5) is 17.1 Å². The second kappa shape index (κ2) is 7.63. The van der Waals surface area contributed by atoms with E-state index in [1.807, 2.05) is 10.9 Å². The zero-order valence-corrected chi connectivity index (χ0v) is 14.1. The predicted octanol–water partition coefficient (Wildman–Crippen LogP) is 3.67. The molecule has 1 aromatic heterocycles. The highest BCUT2D eigenvalue weighted by Gasteiger charge is 2.11. The molecule has 3 rings (SSSR count). The molecule has 1 fully saturated rings. The van der Waals surface area contributed by atoms with Crippen molar-refractivity contribution >= 4 is 28.7 Å². The number of nitrogens with one attached hydrogen (secondary N) is 1. The second-order valence-corrected chi connectivity index (χ2v) is 6.35. The normalized spacial score (nSPS) is 15.4. The third-order valence-electron chi connectivity index (χ3n) is 4.17. The summed E-state index contributed by atoms with van der Waals surface area (Å²) in [6, 6.07) is 4.37. The van der Waals surface area contributed by atoms with Gasteiger partial charge in [0, 0.05) is 24.9 Å². The molecule has 1 N–H and O–H groups in total.